The highest BCUT2D eigenvalue weighted by atomic mass is 16.5. The van der Waals surface area contributed by atoms with Crippen molar-refractivity contribution in [1.82, 2.24) is 15.5 Å². The van der Waals surface area contributed by atoms with Gasteiger partial charge in [-0.25, -0.2) is 4.79 Å². The van der Waals surface area contributed by atoms with Gasteiger partial charge < -0.3 is 15.0 Å². The Kier molecular flexibility index (Phi) is 5.78. The lowest BCUT2D eigenvalue weighted by molar-refractivity contribution is -0.155. The molecule has 0 aromatic rings. The van der Waals surface area contributed by atoms with E-state index in [1.54, 1.807) is 0 Å². The molecule has 0 bridgehead atoms. The van der Waals surface area contributed by atoms with Gasteiger partial charge in [0.2, 0.25) is 0 Å². The van der Waals surface area contributed by atoms with Crippen LogP contribution in [0.1, 0.15) is 51.9 Å². The minimum atomic E-state index is -0.711. The molecule has 8 heteroatoms. The molecule has 3 fully saturated rings. The van der Waals surface area contributed by atoms with Crippen LogP contribution in [-0.2, 0) is 19.1 Å². The topological polar surface area (TPSA) is 105 Å². The molecular formula is C18H27N3O5. The predicted octanol–water partition coefficient (Wildman–Crippen LogP) is 0.945. The molecule has 4 atom stereocenters. The lowest BCUT2D eigenvalue weighted by Gasteiger charge is -2.47. The number of esters is 1. The number of hydrogen-bond acceptors (Lipinski definition) is 5. The number of ether oxygens (including phenoxy) is 1. The molecule has 2 aliphatic heterocycles. The fourth-order valence-electron chi connectivity index (χ4n) is 4.44. The fourth-order valence-corrected chi connectivity index (χ4v) is 4.44. The highest BCUT2D eigenvalue weighted by Gasteiger charge is 2.39. The van der Waals surface area contributed by atoms with E-state index in [2.05, 4.69) is 17.6 Å². The molecule has 0 unspecified atom stereocenters. The van der Waals surface area contributed by atoms with Gasteiger partial charge in [-0.05, 0) is 37.5 Å². The van der Waals surface area contributed by atoms with Crippen LogP contribution in [0, 0.1) is 11.8 Å². The van der Waals surface area contributed by atoms with Crippen molar-refractivity contribution in [3.63, 3.8) is 0 Å². The molecule has 2 N–H and O–H groups in total. The van der Waals surface area contributed by atoms with Gasteiger partial charge >= 0.3 is 12.0 Å². The van der Waals surface area contributed by atoms with Gasteiger partial charge in [-0.15, -0.1) is 0 Å². The van der Waals surface area contributed by atoms with Crippen molar-refractivity contribution in [3.05, 3.63) is 0 Å². The van der Waals surface area contributed by atoms with E-state index in [0.717, 1.165) is 25.8 Å². The third kappa shape index (κ3) is 4.16. The Bertz CT molecular complexity index is 593. The van der Waals surface area contributed by atoms with Crippen molar-refractivity contribution in [1.29, 1.82) is 0 Å². The van der Waals surface area contributed by atoms with Crippen LogP contribution in [-0.4, -0.2) is 54.0 Å². The molecule has 3 aliphatic rings. The summed E-state index contributed by atoms with van der Waals surface area (Å²) in [4.78, 5) is 48.8. The Morgan fingerprint density at radius 3 is 2.69 bits per heavy atom. The second kappa shape index (κ2) is 8.05. The Morgan fingerprint density at radius 1 is 1.19 bits per heavy atom. The summed E-state index contributed by atoms with van der Waals surface area (Å²) in [5.74, 6) is 0.0953. The van der Waals surface area contributed by atoms with Crippen molar-refractivity contribution >= 4 is 23.8 Å². The smallest absolute Gasteiger partial charge is 0.322 e. The summed E-state index contributed by atoms with van der Waals surface area (Å²) >= 11 is 0. The lowest BCUT2D eigenvalue weighted by Crippen LogP contribution is -2.53. The van der Waals surface area contributed by atoms with Gasteiger partial charge in [0.1, 0.15) is 6.04 Å². The van der Waals surface area contributed by atoms with Crippen LogP contribution in [0.5, 0.6) is 0 Å². The van der Waals surface area contributed by atoms with E-state index < -0.39 is 23.9 Å². The van der Waals surface area contributed by atoms with Crippen LogP contribution in [0.4, 0.5) is 4.79 Å². The summed E-state index contributed by atoms with van der Waals surface area (Å²) in [5.41, 5.74) is 0. The molecule has 3 rings (SSSR count). The maximum Gasteiger partial charge on any atom is 0.322 e. The molecule has 4 amide bonds. The Balaban J connectivity index is 1.43. The standard InChI is InChI=1S/C18H27N3O5/c1-11-8-9-21(14-5-3-2-4-12(11)14)15(22)10-26-16(23)7-6-13-17(24)20-18(25)19-13/h11-14H,2-10H2,1H3,(H2,19,20,24,25)/t11-,12-,13+,14-/m1/s1. The molecule has 26 heavy (non-hydrogen) atoms. The van der Waals surface area contributed by atoms with Gasteiger partial charge in [0, 0.05) is 19.0 Å². The molecular weight excluding hydrogens is 338 g/mol. The van der Waals surface area contributed by atoms with E-state index in [1.807, 2.05) is 4.90 Å². The third-order valence-corrected chi connectivity index (χ3v) is 5.91. The summed E-state index contributed by atoms with van der Waals surface area (Å²) in [5, 5.41) is 4.54. The van der Waals surface area contributed by atoms with Crippen LogP contribution in [0.25, 0.3) is 0 Å². The number of rotatable bonds is 5. The quantitative estimate of drug-likeness (QED) is 0.557. The van der Waals surface area contributed by atoms with Crippen LogP contribution < -0.4 is 10.6 Å². The zero-order valence-electron chi connectivity index (χ0n) is 15.2. The van der Waals surface area contributed by atoms with Crippen molar-refractivity contribution in [2.24, 2.45) is 11.8 Å². The number of nitrogens with zero attached hydrogens (tertiary/aromatic N) is 1. The number of fused-ring (bicyclic) bond motifs is 1. The largest absolute Gasteiger partial charge is 0.456 e. The number of likely N-dealkylation sites (tertiary alicyclic amines) is 1. The van der Waals surface area contributed by atoms with Gasteiger partial charge in [-0.3, -0.25) is 19.7 Å². The van der Waals surface area contributed by atoms with Crippen molar-refractivity contribution in [2.45, 2.75) is 64.0 Å². The first kappa shape index (κ1) is 18.7. The summed E-state index contributed by atoms with van der Waals surface area (Å²) in [6.45, 7) is 2.75. The highest BCUT2D eigenvalue weighted by Crippen LogP contribution is 2.38. The number of carbonyl (C=O) groups is 4. The Morgan fingerprint density at radius 2 is 1.96 bits per heavy atom. The summed E-state index contributed by atoms with van der Waals surface area (Å²) in [7, 11) is 0. The average Bonchev–Trinajstić information content (AvgIpc) is 2.95. The van der Waals surface area contributed by atoms with E-state index in [4.69, 9.17) is 4.74 Å². The van der Waals surface area contributed by atoms with Gasteiger partial charge in [0.05, 0.1) is 0 Å². The van der Waals surface area contributed by atoms with Crippen molar-refractivity contribution in [2.75, 3.05) is 13.2 Å². The molecule has 2 saturated heterocycles. The van der Waals surface area contributed by atoms with Gasteiger partial charge in [-0.2, -0.15) is 0 Å². The Labute approximate surface area is 153 Å². The SMILES string of the molecule is C[C@@H]1CCN(C(=O)COC(=O)CC[C@@H]2NC(=O)NC2=O)[C@@H]2CCCC[C@H]12. The number of amides is 4. The van der Waals surface area contributed by atoms with Gasteiger partial charge in [0.15, 0.2) is 6.61 Å². The van der Waals surface area contributed by atoms with E-state index >= 15 is 0 Å². The first-order valence-electron chi connectivity index (χ1n) is 9.52. The van der Waals surface area contributed by atoms with E-state index in [0.29, 0.717) is 11.8 Å². The zero-order chi connectivity index (χ0) is 18.7. The molecule has 1 saturated carbocycles. The number of nitrogens with one attached hydrogen (secondary N) is 2. The molecule has 0 aromatic heterocycles. The van der Waals surface area contributed by atoms with Crippen LogP contribution >= 0.6 is 0 Å². The Hall–Kier alpha value is -2.12. The molecule has 0 spiro atoms. The summed E-state index contributed by atoms with van der Waals surface area (Å²) < 4.78 is 5.11. The molecule has 1 aliphatic carbocycles. The number of hydrogen-bond donors (Lipinski definition) is 2. The molecule has 2 heterocycles. The fraction of sp³-hybridized carbons (Fsp3) is 0.778. The average molecular weight is 365 g/mol. The molecule has 8 nitrogen and oxygen atoms in total. The van der Waals surface area contributed by atoms with Crippen molar-refractivity contribution in [3.8, 4) is 0 Å². The normalized spacial score (nSPS) is 31.0. The first-order chi connectivity index (χ1) is 12.5. The van der Waals surface area contributed by atoms with Gasteiger partial charge in [0.25, 0.3) is 11.8 Å². The predicted molar refractivity (Wildman–Crippen MR) is 91.9 cm³/mol. The minimum Gasteiger partial charge on any atom is -0.456 e. The highest BCUT2D eigenvalue weighted by molar-refractivity contribution is 6.04. The van der Waals surface area contributed by atoms with E-state index in [1.165, 1.54) is 12.8 Å². The lowest BCUT2D eigenvalue weighted by atomic mass is 9.72. The number of urea groups is 1. The second-order valence-corrected chi connectivity index (χ2v) is 7.58. The zero-order valence-corrected chi connectivity index (χ0v) is 15.2. The summed E-state index contributed by atoms with van der Waals surface area (Å²) in [6.07, 6.45) is 5.72. The second-order valence-electron chi connectivity index (χ2n) is 7.58. The van der Waals surface area contributed by atoms with Gasteiger partial charge in [-0.1, -0.05) is 19.8 Å². The molecule has 0 radical (unpaired) electrons. The summed E-state index contributed by atoms with van der Waals surface area (Å²) in [6, 6.07) is -0.988. The van der Waals surface area contributed by atoms with Crippen LogP contribution in [0.3, 0.4) is 0 Å². The van der Waals surface area contributed by atoms with E-state index in [9.17, 15) is 19.2 Å². The van der Waals surface area contributed by atoms with Crippen molar-refractivity contribution < 1.29 is 23.9 Å². The maximum absolute atomic E-state index is 12.5. The van der Waals surface area contributed by atoms with E-state index in [-0.39, 0.29) is 31.4 Å². The molecule has 0 aromatic carbocycles. The number of piperidine rings is 1. The first-order valence-corrected chi connectivity index (χ1v) is 9.52. The minimum absolute atomic E-state index is 0.0191. The number of imide groups is 1. The third-order valence-electron chi connectivity index (χ3n) is 5.91. The molecule has 144 valence electrons. The maximum atomic E-state index is 12.5. The van der Waals surface area contributed by atoms with Crippen LogP contribution in [0.15, 0.2) is 0 Å². The number of carbonyl (C=O) groups excluding carboxylic acids is 4. The van der Waals surface area contributed by atoms with Crippen LogP contribution in [0.2, 0.25) is 0 Å². The monoisotopic (exact) mass is 365 g/mol.